The van der Waals surface area contributed by atoms with Gasteiger partial charge in [0.05, 0.1) is 12.2 Å². The van der Waals surface area contributed by atoms with E-state index >= 15 is 0 Å². The molecule has 1 N–H and O–H groups in total. The molecule has 1 aromatic heterocycles. The van der Waals surface area contributed by atoms with Gasteiger partial charge in [-0.2, -0.15) is 0 Å². The van der Waals surface area contributed by atoms with Crippen molar-refractivity contribution in [2.24, 2.45) is 0 Å². The molecule has 0 spiro atoms. The van der Waals surface area contributed by atoms with Gasteiger partial charge in [0.25, 0.3) is 11.8 Å². The first-order chi connectivity index (χ1) is 13.6. The molecular formula is C20H24FN5O2. The molecule has 0 bridgehead atoms. The number of carbonyl (C=O) groups excluding carboxylic acids is 2. The lowest BCUT2D eigenvalue weighted by molar-refractivity contribution is 0.0786. The molecule has 1 aliphatic carbocycles. The zero-order valence-corrected chi connectivity index (χ0v) is 15.7. The number of nitrogens with zero attached hydrogens (tertiary/aromatic N) is 4. The van der Waals surface area contributed by atoms with Crippen molar-refractivity contribution in [2.75, 3.05) is 13.1 Å². The highest BCUT2D eigenvalue weighted by Crippen LogP contribution is 2.28. The van der Waals surface area contributed by atoms with E-state index in [2.05, 4.69) is 15.6 Å². The fourth-order valence-electron chi connectivity index (χ4n) is 3.99. The van der Waals surface area contributed by atoms with Gasteiger partial charge in [0.1, 0.15) is 5.82 Å². The van der Waals surface area contributed by atoms with Crippen molar-refractivity contribution in [2.45, 2.75) is 50.6 Å². The summed E-state index contributed by atoms with van der Waals surface area (Å²) in [4.78, 5) is 26.5. The molecule has 2 aliphatic rings. The van der Waals surface area contributed by atoms with Crippen LogP contribution in [0.1, 0.15) is 65.4 Å². The molecule has 1 aliphatic heterocycles. The summed E-state index contributed by atoms with van der Waals surface area (Å²) in [5.41, 5.74) is 0.874. The van der Waals surface area contributed by atoms with Crippen molar-refractivity contribution < 1.29 is 14.0 Å². The number of carbonyl (C=O) groups is 2. The number of likely N-dealkylation sites (tertiary alicyclic amines) is 1. The van der Waals surface area contributed by atoms with Gasteiger partial charge < -0.3 is 10.2 Å². The van der Waals surface area contributed by atoms with Crippen LogP contribution in [0.15, 0.2) is 30.5 Å². The summed E-state index contributed by atoms with van der Waals surface area (Å²) in [6.45, 7) is 1.59. The van der Waals surface area contributed by atoms with E-state index in [1.807, 2.05) is 4.90 Å². The van der Waals surface area contributed by atoms with Gasteiger partial charge in [-0.15, -0.1) is 5.10 Å². The monoisotopic (exact) mass is 385 g/mol. The molecule has 2 heterocycles. The zero-order chi connectivity index (χ0) is 19.5. The van der Waals surface area contributed by atoms with Crippen molar-refractivity contribution in [3.63, 3.8) is 0 Å². The van der Waals surface area contributed by atoms with E-state index in [1.165, 1.54) is 24.3 Å². The maximum absolute atomic E-state index is 13.0. The topological polar surface area (TPSA) is 80.1 Å². The molecule has 2 amide bonds. The Morgan fingerprint density at radius 3 is 2.39 bits per heavy atom. The average molecular weight is 385 g/mol. The number of halogens is 1. The normalized spacial score (nSPS) is 22.2. The van der Waals surface area contributed by atoms with Crippen LogP contribution < -0.4 is 5.32 Å². The van der Waals surface area contributed by atoms with Crippen LogP contribution in [-0.4, -0.2) is 50.8 Å². The number of rotatable bonds is 4. The molecule has 0 unspecified atom stereocenters. The number of hydrogen-bond acceptors (Lipinski definition) is 4. The SMILES string of the molecule is O=C(NC1CCC(n2cc(C(=O)N3CCCC3)nn2)CC1)c1ccc(F)cc1. The maximum Gasteiger partial charge on any atom is 0.276 e. The molecule has 4 rings (SSSR count). The van der Waals surface area contributed by atoms with E-state index < -0.39 is 0 Å². The van der Waals surface area contributed by atoms with Crippen molar-refractivity contribution >= 4 is 11.8 Å². The Kier molecular flexibility index (Phi) is 5.36. The molecule has 7 nitrogen and oxygen atoms in total. The summed E-state index contributed by atoms with van der Waals surface area (Å²) < 4.78 is 14.8. The minimum Gasteiger partial charge on any atom is -0.349 e. The third-order valence-corrected chi connectivity index (χ3v) is 5.64. The smallest absolute Gasteiger partial charge is 0.276 e. The van der Waals surface area contributed by atoms with Crippen LogP contribution in [0.4, 0.5) is 4.39 Å². The van der Waals surface area contributed by atoms with Gasteiger partial charge >= 0.3 is 0 Å². The molecule has 148 valence electrons. The predicted octanol–water partition coefficient (Wildman–Crippen LogP) is 2.57. The van der Waals surface area contributed by atoms with Gasteiger partial charge in [-0.1, -0.05) is 5.21 Å². The molecule has 28 heavy (non-hydrogen) atoms. The van der Waals surface area contributed by atoms with Gasteiger partial charge in [0, 0.05) is 24.7 Å². The summed E-state index contributed by atoms with van der Waals surface area (Å²) in [6.07, 6.45) is 7.22. The second-order valence-electron chi connectivity index (χ2n) is 7.57. The van der Waals surface area contributed by atoms with Crippen LogP contribution in [0, 0.1) is 5.82 Å². The molecule has 1 aromatic carbocycles. The molecule has 0 atom stereocenters. The van der Waals surface area contributed by atoms with Crippen molar-refractivity contribution in [3.05, 3.63) is 47.5 Å². The van der Waals surface area contributed by atoms with E-state index in [0.717, 1.165) is 51.6 Å². The van der Waals surface area contributed by atoms with Crippen LogP contribution in [-0.2, 0) is 0 Å². The predicted molar refractivity (Wildman–Crippen MR) is 100 cm³/mol. The Labute approximate surface area is 162 Å². The largest absolute Gasteiger partial charge is 0.349 e. The molecule has 1 saturated heterocycles. The van der Waals surface area contributed by atoms with Gasteiger partial charge in [0.15, 0.2) is 5.69 Å². The second kappa shape index (κ2) is 8.08. The molecule has 0 radical (unpaired) electrons. The molecule has 2 fully saturated rings. The molecule has 2 aromatic rings. The number of amides is 2. The Morgan fingerprint density at radius 1 is 1.04 bits per heavy atom. The lowest BCUT2D eigenvalue weighted by Gasteiger charge is -2.29. The van der Waals surface area contributed by atoms with Gasteiger partial charge in [-0.25, -0.2) is 9.07 Å². The Balaban J connectivity index is 1.30. The number of benzene rings is 1. The molecule has 8 heteroatoms. The summed E-state index contributed by atoms with van der Waals surface area (Å²) in [7, 11) is 0. The van der Waals surface area contributed by atoms with Crippen molar-refractivity contribution in [1.29, 1.82) is 0 Å². The first-order valence-electron chi connectivity index (χ1n) is 9.88. The minimum atomic E-state index is -0.354. The zero-order valence-electron chi connectivity index (χ0n) is 15.7. The third kappa shape index (κ3) is 4.05. The van der Waals surface area contributed by atoms with E-state index in [-0.39, 0.29) is 29.7 Å². The fourth-order valence-corrected chi connectivity index (χ4v) is 3.99. The summed E-state index contributed by atoms with van der Waals surface area (Å²) >= 11 is 0. The fraction of sp³-hybridized carbons (Fsp3) is 0.500. The summed E-state index contributed by atoms with van der Waals surface area (Å²) in [6, 6.07) is 5.83. The van der Waals surface area contributed by atoms with E-state index in [4.69, 9.17) is 0 Å². The molecule has 1 saturated carbocycles. The van der Waals surface area contributed by atoms with Crippen LogP contribution >= 0.6 is 0 Å². The van der Waals surface area contributed by atoms with E-state index in [0.29, 0.717) is 11.3 Å². The summed E-state index contributed by atoms with van der Waals surface area (Å²) in [5, 5.41) is 11.3. The maximum atomic E-state index is 13.0. The van der Waals surface area contributed by atoms with E-state index in [9.17, 15) is 14.0 Å². The highest BCUT2D eigenvalue weighted by atomic mass is 19.1. The first-order valence-corrected chi connectivity index (χ1v) is 9.88. The van der Waals surface area contributed by atoms with Gasteiger partial charge in [-0.05, 0) is 62.8 Å². The highest BCUT2D eigenvalue weighted by molar-refractivity contribution is 5.94. The van der Waals surface area contributed by atoms with Crippen LogP contribution in [0.25, 0.3) is 0 Å². The van der Waals surface area contributed by atoms with Crippen molar-refractivity contribution in [1.82, 2.24) is 25.2 Å². The van der Waals surface area contributed by atoms with Crippen LogP contribution in [0.2, 0.25) is 0 Å². The Hall–Kier alpha value is -2.77. The average Bonchev–Trinajstić information content (AvgIpc) is 3.41. The van der Waals surface area contributed by atoms with Crippen LogP contribution in [0.3, 0.4) is 0 Å². The first kappa shape index (κ1) is 18.6. The van der Waals surface area contributed by atoms with Crippen molar-refractivity contribution in [3.8, 4) is 0 Å². The number of nitrogens with one attached hydrogen (secondary N) is 1. The number of hydrogen-bond donors (Lipinski definition) is 1. The Morgan fingerprint density at radius 2 is 1.71 bits per heavy atom. The van der Waals surface area contributed by atoms with Gasteiger partial charge in [0.2, 0.25) is 0 Å². The minimum absolute atomic E-state index is 0.0380. The summed E-state index contributed by atoms with van der Waals surface area (Å²) in [5.74, 6) is -0.570. The van der Waals surface area contributed by atoms with Gasteiger partial charge in [-0.3, -0.25) is 9.59 Å². The second-order valence-corrected chi connectivity index (χ2v) is 7.57. The lowest BCUT2D eigenvalue weighted by atomic mass is 9.91. The number of aromatic nitrogens is 3. The quantitative estimate of drug-likeness (QED) is 0.877. The highest BCUT2D eigenvalue weighted by Gasteiger charge is 2.27. The lowest BCUT2D eigenvalue weighted by Crippen LogP contribution is -2.38. The standard InChI is InChI=1S/C20H24FN5O2/c21-15-5-3-14(4-6-15)19(27)22-16-7-9-17(10-8-16)26-13-18(23-24-26)20(28)25-11-1-2-12-25/h3-6,13,16-17H,1-2,7-12H2,(H,22,27). The Bertz CT molecular complexity index is 837. The molecular weight excluding hydrogens is 361 g/mol. The van der Waals surface area contributed by atoms with E-state index in [1.54, 1.807) is 10.9 Å². The third-order valence-electron chi connectivity index (χ3n) is 5.64. The van der Waals surface area contributed by atoms with Crippen LogP contribution in [0.5, 0.6) is 0 Å².